The second-order valence-corrected chi connectivity index (χ2v) is 12.9. The van der Waals surface area contributed by atoms with E-state index in [9.17, 15) is 0 Å². The summed E-state index contributed by atoms with van der Waals surface area (Å²) in [5.41, 5.74) is 13.6. The van der Waals surface area contributed by atoms with Crippen LogP contribution in [0, 0.1) is 0 Å². The lowest BCUT2D eigenvalue weighted by molar-refractivity contribution is 0.668. The van der Waals surface area contributed by atoms with Gasteiger partial charge in [0, 0.05) is 27.4 Å². The van der Waals surface area contributed by atoms with E-state index in [2.05, 4.69) is 169 Å². The minimum atomic E-state index is 0.856. The molecule has 2 heterocycles. The first-order valence-corrected chi connectivity index (χ1v) is 17.3. The van der Waals surface area contributed by atoms with E-state index >= 15 is 0 Å². The van der Waals surface area contributed by atoms with Crippen molar-refractivity contribution in [3.8, 4) is 33.4 Å². The van der Waals surface area contributed by atoms with Crippen molar-refractivity contribution in [2.45, 2.75) is 0 Å². The highest BCUT2D eigenvalue weighted by atomic mass is 16.3. The predicted molar refractivity (Wildman–Crippen MR) is 212 cm³/mol. The van der Waals surface area contributed by atoms with Gasteiger partial charge in [-0.1, -0.05) is 140 Å². The molecule has 2 aromatic heterocycles. The molecule has 10 rings (SSSR count). The Morgan fingerprint density at radius 2 is 0.843 bits per heavy atom. The van der Waals surface area contributed by atoms with Crippen LogP contribution in [0.3, 0.4) is 0 Å². The fraction of sp³-hybridized carbons (Fsp3) is 0. The number of anilines is 3. The maximum Gasteiger partial charge on any atom is 0.137 e. The van der Waals surface area contributed by atoms with Crippen LogP contribution in [0.4, 0.5) is 17.1 Å². The topological polar surface area (TPSA) is 29.5 Å². The van der Waals surface area contributed by atoms with E-state index in [1.165, 1.54) is 5.56 Å². The molecule has 0 unspecified atom stereocenters. The minimum Gasteiger partial charge on any atom is -0.456 e. The zero-order chi connectivity index (χ0) is 33.7. The lowest BCUT2D eigenvalue weighted by Crippen LogP contribution is -2.12. The van der Waals surface area contributed by atoms with Crippen molar-refractivity contribution in [2.24, 2.45) is 0 Å². The summed E-state index contributed by atoms with van der Waals surface area (Å²) in [6.07, 6.45) is 0. The molecule has 3 nitrogen and oxygen atoms in total. The molecule has 0 saturated carbocycles. The van der Waals surface area contributed by atoms with Gasteiger partial charge in [-0.2, -0.15) is 0 Å². The third kappa shape index (κ3) is 4.90. The van der Waals surface area contributed by atoms with Crippen molar-refractivity contribution in [1.29, 1.82) is 0 Å². The highest BCUT2D eigenvalue weighted by Crippen LogP contribution is 2.47. The molecule has 0 aliphatic heterocycles. The maximum atomic E-state index is 6.43. The van der Waals surface area contributed by atoms with Crippen molar-refractivity contribution in [3.05, 3.63) is 188 Å². The Morgan fingerprint density at radius 3 is 1.55 bits per heavy atom. The number of benzene rings is 8. The summed E-state index contributed by atoms with van der Waals surface area (Å²) in [7, 11) is 0. The number of hydrogen-bond acceptors (Lipinski definition) is 3. The van der Waals surface area contributed by atoms with Gasteiger partial charge in [0.1, 0.15) is 22.3 Å². The zero-order valence-electron chi connectivity index (χ0n) is 27.7. The molecular formula is C48H31NO2. The molecule has 0 N–H and O–H groups in total. The van der Waals surface area contributed by atoms with Gasteiger partial charge in [-0.15, -0.1) is 0 Å². The van der Waals surface area contributed by atoms with Crippen molar-refractivity contribution in [1.82, 2.24) is 0 Å². The van der Waals surface area contributed by atoms with Gasteiger partial charge in [-0.05, 0) is 76.3 Å². The van der Waals surface area contributed by atoms with Crippen LogP contribution in [0.15, 0.2) is 197 Å². The van der Waals surface area contributed by atoms with Crippen molar-refractivity contribution < 1.29 is 8.83 Å². The smallest absolute Gasteiger partial charge is 0.137 e. The first-order chi connectivity index (χ1) is 25.3. The van der Waals surface area contributed by atoms with E-state index in [0.717, 1.165) is 88.8 Å². The number of fused-ring (bicyclic) bond motifs is 6. The lowest BCUT2D eigenvalue weighted by atomic mass is 9.96. The molecule has 10 aromatic rings. The number of hydrogen-bond donors (Lipinski definition) is 0. The fourth-order valence-electron chi connectivity index (χ4n) is 7.54. The maximum absolute atomic E-state index is 6.43. The van der Waals surface area contributed by atoms with E-state index in [4.69, 9.17) is 8.83 Å². The van der Waals surface area contributed by atoms with Gasteiger partial charge in [0.15, 0.2) is 0 Å². The van der Waals surface area contributed by atoms with Crippen molar-refractivity contribution >= 4 is 60.9 Å². The summed E-state index contributed by atoms with van der Waals surface area (Å²) in [6, 6.07) is 66.3. The Kier molecular flexibility index (Phi) is 6.81. The van der Waals surface area contributed by atoms with Gasteiger partial charge >= 0.3 is 0 Å². The van der Waals surface area contributed by atoms with Crippen molar-refractivity contribution in [3.63, 3.8) is 0 Å². The van der Waals surface area contributed by atoms with Crippen LogP contribution >= 0.6 is 0 Å². The molecule has 0 fully saturated rings. The molecule has 8 aromatic carbocycles. The number of nitrogens with zero attached hydrogens (tertiary/aromatic N) is 1. The van der Waals surface area contributed by atoms with E-state index in [0.29, 0.717) is 0 Å². The summed E-state index contributed by atoms with van der Waals surface area (Å²) in [4.78, 5) is 2.40. The van der Waals surface area contributed by atoms with Crippen LogP contribution in [0.2, 0.25) is 0 Å². The summed E-state index contributed by atoms with van der Waals surface area (Å²) in [6.45, 7) is 0. The molecule has 3 heteroatoms. The molecule has 0 aliphatic rings. The third-order valence-corrected chi connectivity index (χ3v) is 9.89. The Labute approximate surface area is 295 Å². The van der Waals surface area contributed by atoms with Crippen LogP contribution in [-0.2, 0) is 0 Å². The van der Waals surface area contributed by atoms with E-state index < -0.39 is 0 Å². The summed E-state index contributed by atoms with van der Waals surface area (Å²) < 4.78 is 12.7. The number of furan rings is 2. The first-order valence-electron chi connectivity index (χ1n) is 17.3. The number of rotatable bonds is 6. The monoisotopic (exact) mass is 653 g/mol. The zero-order valence-corrected chi connectivity index (χ0v) is 27.7. The molecule has 240 valence electrons. The summed E-state index contributed by atoms with van der Waals surface area (Å²) in [5.74, 6) is 0. The molecular weight excluding hydrogens is 623 g/mol. The van der Waals surface area contributed by atoms with Gasteiger partial charge in [-0.25, -0.2) is 0 Å². The minimum absolute atomic E-state index is 0.856. The first kappa shape index (κ1) is 29.1. The van der Waals surface area contributed by atoms with Crippen LogP contribution in [0.1, 0.15) is 0 Å². The van der Waals surface area contributed by atoms with Gasteiger partial charge in [0.25, 0.3) is 0 Å². The summed E-state index contributed by atoms with van der Waals surface area (Å²) >= 11 is 0. The second kappa shape index (κ2) is 11.9. The average Bonchev–Trinajstić information content (AvgIpc) is 3.78. The normalized spacial score (nSPS) is 11.5. The fourth-order valence-corrected chi connectivity index (χ4v) is 7.54. The largest absolute Gasteiger partial charge is 0.456 e. The Hall–Kier alpha value is -6.84. The van der Waals surface area contributed by atoms with E-state index in [-0.39, 0.29) is 0 Å². The van der Waals surface area contributed by atoms with E-state index in [1.54, 1.807) is 0 Å². The second-order valence-electron chi connectivity index (χ2n) is 12.9. The van der Waals surface area contributed by atoms with Gasteiger partial charge < -0.3 is 13.7 Å². The molecule has 0 atom stereocenters. The lowest BCUT2D eigenvalue weighted by Gasteiger charge is -2.29. The SMILES string of the molecule is c1ccc(-c2ccc(-c3ccccc3)c(N(c3ccc(-c4cccc5oc6ccccc6c45)cc3)c3cccc4oc5ccccc5c34)c2)cc1. The standard InChI is InChI=1S/C48H31NO2/c1-3-13-32(14-4-1)35-27-30-37(33-15-5-2-6-16-33)42(31-35)49(41-20-12-24-46-48(41)40-18-8-10-22-44(40)51-46)36-28-25-34(26-29-36)38-19-11-23-45-47(38)39-17-7-9-21-43(39)50-45/h1-31H. The number of para-hydroxylation sites is 2. The highest BCUT2D eigenvalue weighted by molar-refractivity contribution is 6.15. The summed E-state index contributed by atoms with van der Waals surface area (Å²) in [5, 5.41) is 4.42. The van der Waals surface area contributed by atoms with Crippen LogP contribution in [0.25, 0.3) is 77.3 Å². The third-order valence-electron chi connectivity index (χ3n) is 9.89. The molecule has 51 heavy (non-hydrogen) atoms. The molecule has 0 saturated heterocycles. The molecule has 0 radical (unpaired) electrons. The molecule has 0 amide bonds. The van der Waals surface area contributed by atoms with Crippen molar-refractivity contribution in [2.75, 3.05) is 4.90 Å². The van der Waals surface area contributed by atoms with Gasteiger partial charge in [-0.3, -0.25) is 0 Å². The van der Waals surface area contributed by atoms with Crippen LogP contribution < -0.4 is 4.90 Å². The van der Waals surface area contributed by atoms with E-state index in [1.807, 2.05) is 24.3 Å². The van der Waals surface area contributed by atoms with Crippen LogP contribution in [-0.4, -0.2) is 0 Å². The van der Waals surface area contributed by atoms with Crippen LogP contribution in [0.5, 0.6) is 0 Å². The molecule has 0 aliphatic carbocycles. The Balaban J connectivity index is 1.23. The van der Waals surface area contributed by atoms with Gasteiger partial charge in [0.05, 0.1) is 16.8 Å². The Morgan fingerprint density at radius 1 is 0.314 bits per heavy atom. The Bertz CT molecular complexity index is 2850. The highest BCUT2D eigenvalue weighted by Gasteiger charge is 2.23. The molecule has 0 spiro atoms. The van der Waals surface area contributed by atoms with Gasteiger partial charge in [0.2, 0.25) is 0 Å². The average molecular weight is 654 g/mol. The molecule has 0 bridgehead atoms. The quantitative estimate of drug-likeness (QED) is 0.179. The predicted octanol–water partition coefficient (Wildman–Crippen LogP) is 14.0.